The Morgan fingerprint density at radius 2 is 1.96 bits per heavy atom. The zero-order valence-electron chi connectivity index (χ0n) is 14.4. The molecule has 0 aliphatic rings. The maximum atomic E-state index is 13.2. The van der Waals surface area contributed by atoms with Gasteiger partial charge in [0.1, 0.15) is 16.4 Å². The zero-order valence-corrected chi connectivity index (χ0v) is 16.0. The second-order valence-corrected chi connectivity index (χ2v) is 7.65. The van der Waals surface area contributed by atoms with Gasteiger partial charge in [-0.05, 0) is 31.5 Å². The summed E-state index contributed by atoms with van der Waals surface area (Å²) in [5.74, 6) is 0.788. The summed E-state index contributed by atoms with van der Waals surface area (Å²) in [6.07, 6.45) is 0.982. The van der Waals surface area contributed by atoms with Gasteiger partial charge in [0.25, 0.3) is 5.56 Å². The van der Waals surface area contributed by atoms with Crippen LogP contribution in [0.15, 0.2) is 29.1 Å². The van der Waals surface area contributed by atoms with Gasteiger partial charge in [0.2, 0.25) is 0 Å². The van der Waals surface area contributed by atoms with Crippen LogP contribution in [0.3, 0.4) is 0 Å². The third-order valence-corrected chi connectivity index (χ3v) is 5.45. The highest BCUT2D eigenvalue weighted by atomic mass is 35.5. The van der Waals surface area contributed by atoms with Crippen LogP contribution in [0.5, 0.6) is 0 Å². The van der Waals surface area contributed by atoms with Crippen molar-refractivity contribution in [1.82, 2.24) is 9.55 Å². The Balaban J connectivity index is 2.27. The molecule has 25 heavy (non-hydrogen) atoms. The number of carbonyl (C=O) groups is 1. The Hall–Kier alpha value is -1.98. The summed E-state index contributed by atoms with van der Waals surface area (Å²) in [7, 11) is 0. The normalized spacial score (nSPS) is 11.2. The molecule has 2 aromatic heterocycles. The molecule has 130 valence electrons. The van der Waals surface area contributed by atoms with Crippen molar-refractivity contribution in [2.75, 3.05) is 0 Å². The molecule has 0 saturated carbocycles. The van der Waals surface area contributed by atoms with Crippen LogP contribution in [0.2, 0.25) is 5.02 Å². The smallest absolute Gasteiger partial charge is 0.262 e. The molecule has 0 N–H and O–H groups in total. The fraction of sp³-hybridized carbons (Fsp3) is 0.316. The quantitative estimate of drug-likeness (QED) is 0.654. The first-order valence-corrected chi connectivity index (χ1v) is 9.40. The molecule has 3 rings (SSSR count). The molecule has 0 atom stereocenters. The minimum absolute atomic E-state index is 0.0634. The average molecular weight is 375 g/mol. The Kier molecular flexibility index (Phi) is 5.06. The minimum Gasteiger partial charge on any atom is -0.300 e. The van der Waals surface area contributed by atoms with Gasteiger partial charge in [-0.2, -0.15) is 0 Å². The highest BCUT2D eigenvalue weighted by Crippen LogP contribution is 2.36. The Bertz CT molecular complexity index is 1000. The predicted octanol–water partition coefficient (Wildman–Crippen LogP) is 4.63. The number of aromatic nitrogens is 2. The highest BCUT2D eigenvalue weighted by Gasteiger charge is 2.19. The molecule has 0 aliphatic carbocycles. The standard InChI is InChI=1S/C19H19ClN2O2S/c1-4-15-21-18-17(19(24)22(15)10-9-11(2)23)16(12(3)25-18)13-5-7-14(20)8-6-13/h5-8H,4,9-10H2,1-3H3. The first-order valence-electron chi connectivity index (χ1n) is 8.20. The van der Waals surface area contributed by atoms with Crippen LogP contribution >= 0.6 is 22.9 Å². The van der Waals surface area contributed by atoms with Gasteiger partial charge >= 0.3 is 0 Å². The van der Waals surface area contributed by atoms with Gasteiger partial charge in [-0.1, -0.05) is 30.7 Å². The van der Waals surface area contributed by atoms with E-state index in [-0.39, 0.29) is 11.3 Å². The van der Waals surface area contributed by atoms with Crippen molar-refractivity contribution in [3.8, 4) is 11.1 Å². The maximum absolute atomic E-state index is 13.2. The third kappa shape index (κ3) is 3.39. The van der Waals surface area contributed by atoms with Crippen molar-refractivity contribution in [1.29, 1.82) is 0 Å². The van der Waals surface area contributed by atoms with Crippen LogP contribution in [0, 0.1) is 6.92 Å². The van der Waals surface area contributed by atoms with Crippen molar-refractivity contribution >= 4 is 38.9 Å². The van der Waals surface area contributed by atoms with Crippen molar-refractivity contribution < 1.29 is 4.79 Å². The third-order valence-electron chi connectivity index (χ3n) is 4.20. The van der Waals surface area contributed by atoms with E-state index in [4.69, 9.17) is 16.6 Å². The molecule has 0 amide bonds. The number of hydrogen-bond acceptors (Lipinski definition) is 4. The van der Waals surface area contributed by atoms with Crippen molar-refractivity contribution in [2.45, 2.75) is 40.2 Å². The molecule has 6 heteroatoms. The fourth-order valence-electron chi connectivity index (χ4n) is 2.97. The van der Waals surface area contributed by atoms with E-state index in [9.17, 15) is 9.59 Å². The molecule has 2 heterocycles. The van der Waals surface area contributed by atoms with Gasteiger partial charge in [0.05, 0.1) is 5.39 Å². The van der Waals surface area contributed by atoms with Crippen LogP contribution in [-0.2, 0) is 17.8 Å². The second kappa shape index (κ2) is 7.10. The SMILES string of the molecule is CCc1nc2sc(C)c(-c3ccc(Cl)cc3)c2c(=O)n1CCC(C)=O. The van der Waals surface area contributed by atoms with Crippen LogP contribution < -0.4 is 5.56 Å². The van der Waals surface area contributed by atoms with E-state index in [0.717, 1.165) is 26.7 Å². The summed E-state index contributed by atoms with van der Waals surface area (Å²) in [5.41, 5.74) is 1.79. The zero-order chi connectivity index (χ0) is 18.1. The first kappa shape index (κ1) is 17.8. The van der Waals surface area contributed by atoms with Crippen LogP contribution in [0.4, 0.5) is 0 Å². The first-order chi connectivity index (χ1) is 11.9. The van der Waals surface area contributed by atoms with E-state index < -0.39 is 0 Å². The second-order valence-electron chi connectivity index (χ2n) is 6.01. The van der Waals surface area contributed by atoms with Gasteiger partial charge in [0, 0.05) is 34.8 Å². The molecule has 3 aromatic rings. The summed E-state index contributed by atoms with van der Waals surface area (Å²) in [5, 5.41) is 1.29. The van der Waals surface area contributed by atoms with E-state index in [1.54, 1.807) is 4.57 Å². The molecule has 0 aliphatic heterocycles. The van der Waals surface area contributed by atoms with Gasteiger partial charge in [-0.25, -0.2) is 4.98 Å². The van der Waals surface area contributed by atoms with Gasteiger partial charge in [-0.3, -0.25) is 14.2 Å². The summed E-state index contributed by atoms with van der Waals surface area (Å²) in [6.45, 7) is 5.88. The lowest BCUT2D eigenvalue weighted by Crippen LogP contribution is -2.25. The molecular weight excluding hydrogens is 356 g/mol. The molecule has 0 radical (unpaired) electrons. The Labute approximate surface area is 155 Å². The molecule has 0 saturated heterocycles. The molecule has 0 unspecified atom stereocenters. The molecule has 0 fully saturated rings. The number of ketones is 1. The number of hydrogen-bond donors (Lipinski definition) is 0. The van der Waals surface area contributed by atoms with E-state index in [0.29, 0.717) is 29.8 Å². The summed E-state index contributed by atoms with van der Waals surface area (Å²) in [6, 6.07) is 7.48. The highest BCUT2D eigenvalue weighted by molar-refractivity contribution is 7.19. The number of Topliss-reactive ketones (excluding diaryl/α,β-unsaturated/α-hetero) is 1. The lowest BCUT2D eigenvalue weighted by molar-refractivity contribution is -0.117. The van der Waals surface area contributed by atoms with E-state index in [2.05, 4.69) is 0 Å². The Morgan fingerprint density at radius 1 is 1.28 bits per heavy atom. The Morgan fingerprint density at radius 3 is 2.56 bits per heavy atom. The van der Waals surface area contributed by atoms with E-state index in [1.807, 2.05) is 38.1 Å². The summed E-state index contributed by atoms with van der Waals surface area (Å²) in [4.78, 5) is 31.1. The monoisotopic (exact) mass is 374 g/mol. The van der Waals surface area contributed by atoms with Crippen LogP contribution in [-0.4, -0.2) is 15.3 Å². The number of benzene rings is 1. The number of fused-ring (bicyclic) bond motifs is 1. The predicted molar refractivity (Wildman–Crippen MR) is 104 cm³/mol. The molecule has 0 bridgehead atoms. The molecule has 1 aromatic carbocycles. The van der Waals surface area contributed by atoms with Crippen molar-refractivity contribution in [3.05, 3.63) is 50.3 Å². The number of aryl methyl sites for hydroxylation is 2. The topological polar surface area (TPSA) is 52.0 Å². The van der Waals surface area contributed by atoms with Gasteiger partial charge < -0.3 is 0 Å². The number of carbonyl (C=O) groups excluding carboxylic acids is 1. The van der Waals surface area contributed by atoms with Gasteiger partial charge in [0.15, 0.2) is 0 Å². The molecular formula is C19H19ClN2O2S. The molecule has 0 spiro atoms. The summed E-state index contributed by atoms with van der Waals surface area (Å²) < 4.78 is 1.65. The van der Waals surface area contributed by atoms with Crippen LogP contribution in [0.1, 0.15) is 31.0 Å². The van der Waals surface area contributed by atoms with E-state index >= 15 is 0 Å². The van der Waals surface area contributed by atoms with Crippen molar-refractivity contribution in [2.24, 2.45) is 0 Å². The lowest BCUT2D eigenvalue weighted by atomic mass is 10.0. The lowest BCUT2D eigenvalue weighted by Gasteiger charge is -2.11. The number of thiophene rings is 1. The van der Waals surface area contributed by atoms with Gasteiger partial charge in [-0.15, -0.1) is 11.3 Å². The largest absolute Gasteiger partial charge is 0.300 e. The number of nitrogens with zero attached hydrogens (tertiary/aromatic N) is 2. The number of rotatable bonds is 5. The minimum atomic E-state index is -0.0719. The molecule has 4 nitrogen and oxygen atoms in total. The van der Waals surface area contributed by atoms with Crippen molar-refractivity contribution in [3.63, 3.8) is 0 Å². The average Bonchev–Trinajstić information content (AvgIpc) is 2.90. The summed E-state index contributed by atoms with van der Waals surface area (Å²) >= 11 is 7.52. The fourth-order valence-corrected chi connectivity index (χ4v) is 4.15. The maximum Gasteiger partial charge on any atom is 0.262 e. The van der Waals surface area contributed by atoms with E-state index in [1.165, 1.54) is 18.3 Å². The van der Waals surface area contributed by atoms with Crippen LogP contribution in [0.25, 0.3) is 21.3 Å². The number of halogens is 1.